The molecule has 66 valence electrons. The van der Waals surface area contributed by atoms with Crippen LogP contribution in [0.25, 0.3) is 0 Å². The Labute approximate surface area is 69.8 Å². The molecule has 2 unspecified atom stereocenters. The molecule has 2 heteroatoms. The first-order chi connectivity index (χ1) is 4.93. The van der Waals surface area contributed by atoms with E-state index in [9.17, 15) is 0 Å². The van der Waals surface area contributed by atoms with Crippen molar-refractivity contribution in [3.63, 3.8) is 0 Å². The zero-order chi connectivity index (χ0) is 8.65. The molecular formula is C9H20N2. The zero-order valence-electron chi connectivity index (χ0n) is 8.09. The molecule has 0 amide bonds. The van der Waals surface area contributed by atoms with E-state index in [2.05, 4.69) is 32.8 Å². The van der Waals surface area contributed by atoms with Crippen molar-refractivity contribution in [2.75, 3.05) is 14.1 Å². The number of nitrogens with zero attached hydrogens (tertiary/aromatic N) is 1. The normalized spacial score (nSPS) is 32.2. The van der Waals surface area contributed by atoms with Gasteiger partial charge in [0, 0.05) is 11.6 Å². The van der Waals surface area contributed by atoms with Gasteiger partial charge in [0.1, 0.15) is 0 Å². The van der Waals surface area contributed by atoms with Crippen LogP contribution in [0.5, 0.6) is 0 Å². The maximum absolute atomic E-state index is 6.04. The van der Waals surface area contributed by atoms with E-state index in [0.717, 1.165) is 6.04 Å². The summed E-state index contributed by atoms with van der Waals surface area (Å²) in [5.74, 6) is 0.692. The van der Waals surface area contributed by atoms with Crippen molar-refractivity contribution < 1.29 is 0 Å². The van der Waals surface area contributed by atoms with E-state index in [4.69, 9.17) is 5.73 Å². The first kappa shape index (κ1) is 9.01. The highest BCUT2D eigenvalue weighted by atomic mass is 15.1. The summed E-state index contributed by atoms with van der Waals surface area (Å²) in [6.07, 6.45) is 2.62. The minimum Gasteiger partial charge on any atom is -0.325 e. The molecule has 0 spiro atoms. The number of hydrogen-bond donors (Lipinski definition) is 1. The molecule has 1 aliphatic rings. The highest BCUT2D eigenvalue weighted by Crippen LogP contribution is 2.37. The third kappa shape index (κ3) is 1.74. The molecule has 1 fully saturated rings. The molecule has 0 aromatic carbocycles. The molecule has 2 nitrogen and oxygen atoms in total. The summed E-state index contributed by atoms with van der Waals surface area (Å²) in [6.45, 7) is 4.26. The molecule has 1 rings (SSSR count). The fourth-order valence-electron chi connectivity index (χ4n) is 1.97. The van der Waals surface area contributed by atoms with E-state index in [0.29, 0.717) is 5.92 Å². The van der Waals surface area contributed by atoms with Crippen molar-refractivity contribution in [1.82, 2.24) is 4.90 Å². The van der Waals surface area contributed by atoms with Gasteiger partial charge in [0.15, 0.2) is 0 Å². The van der Waals surface area contributed by atoms with E-state index in [1.165, 1.54) is 12.8 Å². The molecule has 2 atom stereocenters. The van der Waals surface area contributed by atoms with Gasteiger partial charge in [-0.3, -0.25) is 0 Å². The SMILES string of the molecule is CN(C)C1CCC1C(C)(C)N. The van der Waals surface area contributed by atoms with Crippen LogP contribution in [0.4, 0.5) is 0 Å². The molecule has 1 aliphatic carbocycles. The van der Waals surface area contributed by atoms with Crippen LogP contribution in [-0.2, 0) is 0 Å². The summed E-state index contributed by atoms with van der Waals surface area (Å²) in [5, 5.41) is 0. The van der Waals surface area contributed by atoms with Crippen LogP contribution in [0.1, 0.15) is 26.7 Å². The Kier molecular flexibility index (Phi) is 2.26. The van der Waals surface area contributed by atoms with Crippen molar-refractivity contribution in [2.24, 2.45) is 11.7 Å². The number of rotatable bonds is 2. The summed E-state index contributed by atoms with van der Waals surface area (Å²) in [5.41, 5.74) is 6.05. The first-order valence-corrected chi connectivity index (χ1v) is 4.38. The zero-order valence-corrected chi connectivity index (χ0v) is 8.09. The molecule has 0 aromatic heterocycles. The molecule has 0 aliphatic heterocycles. The summed E-state index contributed by atoms with van der Waals surface area (Å²) < 4.78 is 0. The highest BCUT2D eigenvalue weighted by molar-refractivity contribution is 4.97. The van der Waals surface area contributed by atoms with Crippen molar-refractivity contribution in [1.29, 1.82) is 0 Å². The van der Waals surface area contributed by atoms with Crippen LogP contribution in [0.15, 0.2) is 0 Å². The molecule has 0 aromatic rings. The standard InChI is InChI=1S/C9H20N2/c1-9(2,10)7-5-6-8(7)11(3)4/h7-8H,5-6,10H2,1-4H3. The molecule has 2 N–H and O–H groups in total. The van der Waals surface area contributed by atoms with Crippen molar-refractivity contribution in [3.05, 3.63) is 0 Å². The summed E-state index contributed by atoms with van der Waals surface area (Å²) in [6, 6.07) is 0.718. The lowest BCUT2D eigenvalue weighted by molar-refractivity contribution is 0.0568. The van der Waals surface area contributed by atoms with Crippen LogP contribution in [0, 0.1) is 5.92 Å². The molecule has 11 heavy (non-hydrogen) atoms. The second kappa shape index (κ2) is 2.76. The van der Waals surface area contributed by atoms with Gasteiger partial charge in [0.25, 0.3) is 0 Å². The van der Waals surface area contributed by atoms with Crippen LogP contribution >= 0.6 is 0 Å². The van der Waals surface area contributed by atoms with Gasteiger partial charge in [-0.25, -0.2) is 0 Å². The largest absolute Gasteiger partial charge is 0.325 e. The predicted molar refractivity (Wildman–Crippen MR) is 48.5 cm³/mol. The van der Waals surface area contributed by atoms with Crippen LogP contribution < -0.4 is 5.73 Å². The fourth-order valence-corrected chi connectivity index (χ4v) is 1.97. The molecular weight excluding hydrogens is 136 g/mol. The second-order valence-corrected chi connectivity index (χ2v) is 4.54. The lowest BCUT2D eigenvalue weighted by atomic mass is 9.68. The van der Waals surface area contributed by atoms with Crippen molar-refractivity contribution in [2.45, 2.75) is 38.3 Å². The molecule has 0 radical (unpaired) electrons. The van der Waals surface area contributed by atoms with E-state index < -0.39 is 0 Å². The minimum absolute atomic E-state index is 0.00713. The number of hydrogen-bond acceptors (Lipinski definition) is 2. The van der Waals surface area contributed by atoms with E-state index in [1.807, 2.05) is 0 Å². The summed E-state index contributed by atoms with van der Waals surface area (Å²) >= 11 is 0. The molecule has 0 saturated heterocycles. The van der Waals surface area contributed by atoms with Gasteiger partial charge in [0.2, 0.25) is 0 Å². The maximum atomic E-state index is 6.04. The summed E-state index contributed by atoms with van der Waals surface area (Å²) in [7, 11) is 4.28. The fraction of sp³-hybridized carbons (Fsp3) is 1.00. The molecule has 0 bridgehead atoms. The Morgan fingerprint density at radius 3 is 1.91 bits per heavy atom. The van der Waals surface area contributed by atoms with Gasteiger partial charge in [-0.2, -0.15) is 0 Å². The third-order valence-corrected chi connectivity index (χ3v) is 2.86. The Balaban J connectivity index is 2.50. The van der Waals surface area contributed by atoms with Gasteiger partial charge in [-0.15, -0.1) is 0 Å². The Bertz CT molecular complexity index is 135. The Morgan fingerprint density at radius 1 is 1.27 bits per heavy atom. The first-order valence-electron chi connectivity index (χ1n) is 4.38. The van der Waals surface area contributed by atoms with Crippen molar-refractivity contribution in [3.8, 4) is 0 Å². The van der Waals surface area contributed by atoms with Gasteiger partial charge < -0.3 is 10.6 Å². The van der Waals surface area contributed by atoms with Crippen LogP contribution in [0.2, 0.25) is 0 Å². The van der Waals surface area contributed by atoms with Crippen molar-refractivity contribution >= 4 is 0 Å². The average molecular weight is 156 g/mol. The lowest BCUT2D eigenvalue weighted by Gasteiger charge is -2.48. The van der Waals surface area contributed by atoms with Gasteiger partial charge in [-0.05, 0) is 46.7 Å². The van der Waals surface area contributed by atoms with E-state index in [1.54, 1.807) is 0 Å². The lowest BCUT2D eigenvalue weighted by Crippen LogP contribution is -2.56. The predicted octanol–water partition coefficient (Wildman–Crippen LogP) is 1.06. The third-order valence-electron chi connectivity index (χ3n) is 2.86. The molecule has 0 heterocycles. The second-order valence-electron chi connectivity index (χ2n) is 4.54. The van der Waals surface area contributed by atoms with Gasteiger partial charge in [0.05, 0.1) is 0 Å². The quantitative estimate of drug-likeness (QED) is 0.648. The number of nitrogens with two attached hydrogens (primary N) is 1. The van der Waals surface area contributed by atoms with E-state index >= 15 is 0 Å². The van der Waals surface area contributed by atoms with Crippen LogP contribution in [0.3, 0.4) is 0 Å². The van der Waals surface area contributed by atoms with Crippen LogP contribution in [-0.4, -0.2) is 30.6 Å². The minimum atomic E-state index is 0.00713. The Morgan fingerprint density at radius 2 is 1.82 bits per heavy atom. The summed E-state index contributed by atoms with van der Waals surface area (Å²) in [4.78, 5) is 2.29. The monoisotopic (exact) mass is 156 g/mol. The van der Waals surface area contributed by atoms with E-state index in [-0.39, 0.29) is 5.54 Å². The average Bonchev–Trinajstić information content (AvgIpc) is 1.51. The Hall–Kier alpha value is -0.0800. The maximum Gasteiger partial charge on any atom is 0.0140 e. The highest BCUT2D eigenvalue weighted by Gasteiger charge is 2.40. The van der Waals surface area contributed by atoms with Gasteiger partial charge in [-0.1, -0.05) is 0 Å². The molecule has 1 saturated carbocycles. The van der Waals surface area contributed by atoms with Gasteiger partial charge >= 0.3 is 0 Å². The smallest absolute Gasteiger partial charge is 0.0140 e. The topological polar surface area (TPSA) is 29.3 Å².